The van der Waals surface area contributed by atoms with E-state index in [-0.39, 0.29) is 0 Å². The van der Waals surface area contributed by atoms with Gasteiger partial charge in [0.25, 0.3) is 0 Å². The number of nitrogens with zero attached hydrogens (tertiary/aromatic N) is 3. The van der Waals surface area contributed by atoms with Crippen molar-refractivity contribution in [1.29, 1.82) is 0 Å². The van der Waals surface area contributed by atoms with E-state index in [0.29, 0.717) is 5.82 Å². The first-order valence-electron chi connectivity index (χ1n) is 19.9. The van der Waals surface area contributed by atoms with Crippen LogP contribution < -0.4 is 0 Å². The molecule has 0 radical (unpaired) electrons. The van der Waals surface area contributed by atoms with E-state index in [4.69, 9.17) is 14.4 Å². The highest BCUT2D eigenvalue weighted by molar-refractivity contribution is 7.26. The maximum Gasteiger partial charge on any atom is 0.161 e. The third-order valence-electron chi connectivity index (χ3n) is 12.0. The second kappa shape index (κ2) is 12.4. The molecule has 0 aliphatic rings. The summed E-state index contributed by atoms with van der Waals surface area (Å²) in [6.45, 7) is 0. The minimum atomic E-state index is 0.670. The lowest BCUT2D eigenvalue weighted by molar-refractivity contribution is 0.670. The molecule has 13 rings (SSSR count). The van der Waals surface area contributed by atoms with Crippen LogP contribution >= 0.6 is 11.3 Å². The monoisotopic (exact) mass is 769 g/mol. The van der Waals surface area contributed by atoms with Crippen LogP contribution in [0.5, 0.6) is 0 Å². The van der Waals surface area contributed by atoms with Crippen LogP contribution in [0.1, 0.15) is 0 Å². The molecule has 0 saturated carbocycles. The normalized spacial score (nSPS) is 12.1. The summed E-state index contributed by atoms with van der Waals surface area (Å²) in [7, 11) is 0. The van der Waals surface area contributed by atoms with Gasteiger partial charge in [0.2, 0.25) is 0 Å². The molecule has 59 heavy (non-hydrogen) atoms. The first-order valence-corrected chi connectivity index (χ1v) is 20.7. The van der Waals surface area contributed by atoms with Crippen molar-refractivity contribution in [3.8, 4) is 39.6 Å². The first kappa shape index (κ1) is 32.5. The number of furan rings is 1. The lowest BCUT2D eigenvalue weighted by Crippen LogP contribution is -1.99. The molecular formula is C54H31N3OS. The fourth-order valence-electron chi connectivity index (χ4n) is 9.33. The van der Waals surface area contributed by atoms with Gasteiger partial charge in [-0.3, -0.25) is 0 Å². The van der Waals surface area contributed by atoms with Crippen LogP contribution in [0.25, 0.3) is 125 Å². The van der Waals surface area contributed by atoms with Crippen LogP contribution in [0.2, 0.25) is 0 Å². The standard InChI is InChI=1S/C54H31N3OS/c1-2-15-34(16-3-1)45-31-46(41-22-12-21-40-38-19-8-10-23-48(38)58-52(40)41)56-54(55-45)44-30-35(29-43-39-20-9-11-24-49(39)59-53(43)44)57-47-28-26-32-13-4-6-17-36(32)50(47)42-27-25-33-14-5-7-18-37(33)51(42)57/h1-31H. The minimum Gasteiger partial charge on any atom is -0.455 e. The van der Waals surface area contributed by atoms with Gasteiger partial charge in [0, 0.05) is 69.5 Å². The number of hydrogen-bond donors (Lipinski definition) is 0. The molecule has 274 valence electrons. The predicted octanol–water partition coefficient (Wildman–Crippen LogP) is 15.1. The second-order valence-electron chi connectivity index (χ2n) is 15.3. The molecule has 13 aromatic rings. The van der Waals surface area contributed by atoms with Crippen molar-refractivity contribution in [3.63, 3.8) is 0 Å². The van der Waals surface area contributed by atoms with Crippen molar-refractivity contribution >= 4 is 96.8 Å². The Balaban J connectivity index is 1.16. The molecule has 0 fully saturated rings. The third kappa shape index (κ3) is 4.83. The number of hydrogen-bond acceptors (Lipinski definition) is 4. The maximum atomic E-state index is 6.59. The zero-order valence-electron chi connectivity index (χ0n) is 31.6. The van der Waals surface area contributed by atoms with Gasteiger partial charge in [0.15, 0.2) is 5.82 Å². The average Bonchev–Trinajstić information content (AvgIpc) is 3.99. The smallest absolute Gasteiger partial charge is 0.161 e. The van der Waals surface area contributed by atoms with Crippen molar-refractivity contribution < 1.29 is 4.42 Å². The zero-order valence-corrected chi connectivity index (χ0v) is 32.4. The molecule has 0 aliphatic carbocycles. The fourth-order valence-corrected chi connectivity index (χ4v) is 10.5. The van der Waals surface area contributed by atoms with Gasteiger partial charge in [-0.2, -0.15) is 0 Å². The summed E-state index contributed by atoms with van der Waals surface area (Å²) in [6, 6.07) is 67.1. The summed E-state index contributed by atoms with van der Waals surface area (Å²) in [5.41, 5.74) is 9.72. The van der Waals surface area contributed by atoms with E-state index in [1.807, 2.05) is 18.2 Å². The van der Waals surface area contributed by atoms with E-state index >= 15 is 0 Å². The van der Waals surface area contributed by atoms with Crippen LogP contribution in [0, 0.1) is 0 Å². The molecule has 0 unspecified atom stereocenters. The Labute approximate surface area is 341 Å². The molecule has 0 amide bonds. The summed E-state index contributed by atoms with van der Waals surface area (Å²) < 4.78 is 11.5. The van der Waals surface area contributed by atoms with E-state index in [1.54, 1.807) is 11.3 Å². The van der Waals surface area contributed by atoms with E-state index in [0.717, 1.165) is 65.9 Å². The molecule has 0 spiro atoms. The van der Waals surface area contributed by atoms with E-state index in [9.17, 15) is 0 Å². The lowest BCUT2D eigenvalue weighted by atomic mass is 10.0. The van der Waals surface area contributed by atoms with E-state index < -0.39 is 0 Å². The molecule has 0 saturated heterocycles. The first-order chi connectivity index (χ1) is 29.2. The Morgan fingerprint density at radius 3 is 2.03 bits per heavy atom. The predicted molar refractivity (Wildman–Crippen MR) is 248 cm³/mol. The lowest BCUT2D eigenvalue weighted by Gasteiger charge is -2.14. The zero-order chi connectivity index (χ0) is 38.6. The number of aromatic nitrogens is 3. The largest absolute Gasteiger partial charge is 0.455 e. The fraction of sp³-hybridized carbons (Fsp3) is 0. The van der Waals surface area contributed by atoms with Crippen LogP contribution in [0.3, 0.4) is 0 Å². The Kier molecular flexibility index (Phi) is 6.85. The van der Waals surface area contributed by atoms with E-state index in [1.165, 1.54) is 53.3 Å². The maximum absolute atomic E-state index is 6.59. The number of rotatable bonds is 4. The summed E-state index contributed by atoms with van der Waals surface area (Å²) in [6.07, 6.45) is 0. The molecule has 9 aromatic carbocycles. The Hall–Kier alpha value is -7.60. The summed E-state index contributed by atoms with van der Waals surface area (Å²) in [4.78, 5) is 10.9. The molecule has 4 aromatic heterocycles. The molecule has 0 N–H and O–H groups in total. The Bertz CT molecular complexity index is 3860. The van der Waals surface area contributed by atoms with Gasteiger partial charge in [0.1, 0.15) is 11.2 Å². The van der Waals surface area contributed by atoms with Crippen molar-refractivity contribution in [2.75, 3.05) is 0 Å². The highest BCUT2D eigenvalue weighted by Crippen LogP contribution is 2.46. The van der Waals surface area contributed by atoms with Crippen LogP contribution in [0.4, 0.5) is 0 Å². The van der Waals surface area contributed by atoms with E-state index in [2.05, 4.69) is 174 Å². The van der Waals surface area contributed by atoms with Gasteiger partial charge >= 0.3 is 0 Å². The SMILES string of the molecule is c1ccc(-c2cc(-c3cccc4c3oc3ccccc34)nc(-c3cc(-n4c5ccc6ccccc6c5c5ccc6ccccc6c54)cc4c3sc3ccccc34)n2)cc1. The van der Waals surface area contributed by atoms with Gasteiger partial charge in [0.05, 0.1) is 22.4 Å². The Morgan fingerprint density at radius 1 is 0.458 bits per heavy atom. The van der Waals surface area contributed by atoms with Gasteiger partial charge < -0.3 is 8.98 Å². The highest BCUT2D eigenvalue weighted by Gasteiger charge is 2.23. The quantitative estimate of drug-likeness (QED) is 0.179. The summed E-state index contributed by atoms with van der Waals surface area (Å²) >= 11 is 1.80. The third-order valence-corrected chi connectivity index (χ3v) is 13.2. The van der Waals surface area contributed by atoms with Crippen molar-refractivity contribution in [2.45, 2.75) is 0 Å². The van der Waals surface area contributed by atoms with Crippen LogP contribution in [0.15, 0.2) is 192 Å². The second-order valence-corrected chi connectivity index (χ2v) is 16.3. The average molecular weight is 770 g/mol. The van der Waals surface area contributed by atoms with Gasteiger partial charge in [-0.05, 0) is 58.6 Å². The molecule has 4 nitrogen and oxygen atoms in total. The molecular weight excluding hydrogens is 739 g/mol. The van der Waals surface area contributed by atoms with Crippen molar-refractivity contribution in [3.05, 3.63) is 188 Å². The number of benzene rings is 9. The number of thiophene rings is 1. The van der Waals surface area contributed by atoms with Crippen molar-refractivity contribution in [2.24, 2.45) is 0 Å². The minimum absolute atomic E-state index is 0.670. The Morgan fingerprint density at radius 2 is 1.15 bits per heavy atom. The molecule has 4 heterocycles. The summed E-state index contributed by atoms with van der Waals surface area (Å²) in [5, 5.41) is 11.9. The number of fused-ring (bicyclic) bond motifs is 13. The molecule has 0 atom stereocenters. The topological polar surface area (TPSA) is 43.9 Å². The molecule has 0 aliphatic heterocycles. The summed E-state index contributed by atoms with van der Waals surface area (Å²) in [5.74, 6) is 0.670. The van der Waals surface area contributed by atoms with Crippen LogP contribution in [-0.2, 0) is 0 Å². The molecule has 0 bridgehead atoms. The molecule has 5 heteroatoms. The van der Waals surface area contributed by atoms with Gasteiger partial charge in [-0.25, -0.2) is 9.97 Å². The van der Waals surface area contributed by atoms with Crippen LogP contribution in [-0.4, -0.2) is 14.5 Å². The van der Waals surface area contributed by atoms with Crippen molar-refractivity contribution in [1.82, 2.24) is 14.5 Å². The van der Waals surface area contributed by atoms with Gasteiger partial charge in [-0.1, -0.05) is 146 Å². The van der Waals surface area contributed by atoms with Gasteiger partial charge in [-0.15, -0.1) is 11.3 Å². The highest BCUT2D eigenvalue weighted by atomic mass is 32.1. The number of para-hydroxylation sites is 2.